The van der Waals surface area contributed by atoms with Crippen LogP contribution in [-0.2, 0) is 32.0 Å². The normalized spacial score (nSPS) is 14.0. The van der Waals surface area contributed by atoms with Gasteiger partial charge in [0, 0.05) is 24.7 Å². The van der Waals surface area contributed by atoms with Crippen molar-refractivity contribution in [3.63, 3.8) is 0 Å². The summed E-state index contributed by atoms with van der Waals surface area (Å²) in [6.07, 6.45) is 6.79. The molecular formula is C26H39N7O6S. The molecule has 2 rings (SSSR count). The van der Waals surface area contributed by atoms with E-state index in [2.05, 4.69) is 25.9 Å². The van der Waals surface area contributed by atoms with Crippen molar-refractivity contribution in [3.05, 3.63) is 48.0 Å². The van der Waals surface area contributed by atoms with Crippen LogP contribution in [0.5, 0.6) is 5.75 Å². The molecule has 0 radical (unpaired) electrons. The zero-order valence-electron chi connectivity index (χ0n) is 22.5. The van der Waals surface area contributed by atoms with Crippen molar-refractivity contribution in [2.45, 2.75) is 62.7 Å². The van der Waals surface area contributed by atoms with E-state index in [1.165, 1.54) is 36.4 Å². The van der Waals surface area contributed by atoms with Gasteiger partial charge in [0.15, 0.2) is 0 Å². The van der Waals surface area contributed by atoms with Gasteiger partial charge < -0.3 is 42.6 Å². The molecule has 0 saturated heterocycles. The fourth-order valence-electron chi connectivity index (χ4n) is 3.86. The number of imidazole rings is 1. The second-order valence-corrected chi connectivity index (χ2v) is 10.3. The minimum atomic E-state index is -1.29. The Morgan fingerprint density at radius 3 is 2.20 bits per heavy atom. The largest absolute Gasteiger partial charge is 0.508 e. The minimum absolute atomic E-state index is 0.00997. The van der Waals surface area contributed by atoms with E-state index in [1.807, 2.05) is 6.26 Å². The van der Waals surface area contributed by atoms with Gasteiger partial charge in [-0.2, -0.15) is 11.8 Å². The second kappa shape index (κ2) is 17.2. The number of carbonyl (C=O) groups excluding carboxylic acids is 3. The van der Waals surface area contributed by atoms with E-state index in [1.54, 1.807) is 12.1 Å². The standard InChI is InChI=1S/C26H39N7O6S/c1-40-11-9-20(31-23(35)19(28)4-2-3-10-27)24(36)32-21(12-16-5-7-18(34)8-6-16)25(37)33-22(26(38)39)13-17-14-29-15-30-17/h5-8,14-15,19-22,34H,2-4,9-13,27-28H2,1H3,(H,29,30)(H,31,35)(H,32,36)(H,33,37)(H,38,39). The van der Waals surface area contributed by atoms with E-state index in [0.29, 0.717) is 42.8 Å². The Kier molecular flexibility index (Phi) is 14.0. The molecule has 10 N–H and O–H groups in total. The van der Waals surface area contributed by atoms with Gasteiger partial charge in [0.1, 0.15) is 23.9 Å². The Hall–Kier alpha value is -3.62. The highest BCUT2D eigenvalue weighted by Gasteiger charge is 2.30. The number of hydrogen-bond donors (Lipinski definition) is 8. The first-order valence-corrected chi connectivity index (χ1v) is 14.4. The van der Waals surface area contributed by atoms with Gasteiger partial charge in [-0.1, -0.05) is 18.6 Å². The number of aromatic nitrogens is 2. The number of aliphatic carboxylic acids is 1. The number of nitrogens with one attached hydrogen (secondary N) is 4. The Morgan fingerprint density at radius 2 is 1.60 bits per heavy atom. The number of unbranched alkanes of at least 4 members (excludes halogenated alkanes) is 1. The van der Waals surface area contributed by atoms with E-state index in [4.69, 9.17) is 11.5 Å². The first-order valence-electron chi connectivity index (χ1n) is 13.0. The fourth-order valence-corrected chi connectivity index (χ4v) is 4.33. The topological polar surface area (TPSA) is 226 Å². The molecule has 0 bridgehead atoms. The number of phenolic OH excluding ortho intramolecular Hbond substituents is 1. The molecule has 2 aromatic rings. The lowest BCUT2D eigenvalue weighted by atomic mass is 10.0. The molecule has 14 heteroatoms. The Balaban J connectivity index is 2.20. The first kappa shape index (κ1) is 32.6. The summed E-state index contributed by atoms with van der Waals surface area (Å²) in [5.74, 6) is -2.48. The van der Waals surface area contributed by atoms with Gasteiger partial charge in [0.25, 0.3) is 0 Å². The minimum Gasteiger partial charge on any atom is -0.508 e. The van der Waals surface area contributed by atoms with Crippen LogP contribution in [0.25, 0.3) is 0 Å². The number of thioether (sulfide) groups is 1. The van der Waals surface area contributed by atoms with Gasteiger partial charge in [0.2, 0.25) is 17.7 Å². The third kappa shape index (κ3) is 11.2. The zero-order valence-corrected chi connectivity index (χ0v) is 23.3. The van der Waals surface area contributed by atoms with Crippen LogP contribution in [0.2, 0.25) is 0 Å². The zero-order chi connectivity index (χ0) is 29.5. The summed E-state index contributed by atoms with van der Waals surface area (Å²) in [7, 11) is 0. The molecule has 13 nitrogen and oxygen atoms in total. The first-order chi connectivity index (χ1) is 19.1. The van der Waals surface area contributed by atoms with Crippen molar-refractivity contribution < 1.29 is 29.4 Å². The third-order valence-corrected chi connectivity index (χ3v) is 6.80. The molecular weight excluding hydrogens is 538 g/mol. The van der Waals surface area contributed by atoms with Gasteiger partial charge in [-0.05, 0) is 55.5 Å². The number of carbonyl (C=O) groups is 4. The molecule has 0 saturated carbocycles. The van der Waals surface area contributed by atoms with Gasteiger partial charge in [0.05, 0.1) is 12.4 Å². The number of H-pyrrole nitrogens is 1. The predicted octanol–water partition coefficient (Wildman–Crippen LogP) is -0.351. The number of nitrogens with two attached hydrogens (primary N) is 2. The van der Waals surface area contributed by atoms with Crippen molar-refractivity contribution in [2.75, 3.05) is 18.6 Å². The molecule has 40 heavy (non-hydrogen) atoms. The molecule has 4 atom stereocenters. The lowest BCUT2D eigenvalue weighted by Crippen LogP contribution is -2.58. The van der Waals surface area contributed by atoms with Crippen LogP contribution in [0.1, 0.15) is 36.9 Å². The summed E-state index contributed by atoms with van der Waals surface area (Å²) >= 11 is 1.49. The summed E-state index contributed by atoms with van der Waals surface area (Å²) in [6, 6.07) is 1.83. The van der Waals surface area contributed by atoms with Gasteiger partial charge in [-0.25, -0.2) is 9.78 Å². The molecule has 0 spiro atoms. The maximum Gasteiger partial charge on any atom is 0.326 e. The van der Waals surface area contributed by atoms with E-state index in [9.17, 15) is 29.4 Å². The molecule has 1 aromatic heterocycles. The molecule has 220 valence electrons. The lowest BCUT2D eigenvalue weighted by molar-refractivity contribution is -0.142. The Labute approximate surface area is 237 Å². The molecule has 1 aromatic carbocycles. The number of hydrogen-bond acceptors (Lipinski definition) is 9. The maximum atomic E-state index is 13.4. The molecule has 0 aliphatic carbocycles. The van der Waals surface area contributed by atoms with Crippen LogP contribution >= 0.6 is 11.8 Å². The van der Waals surface area contributed by atoms with Crippen LogP contribution in [0.3, 0.4) is 0 Å². The number of phenols is 1. The average molecular weight is 578 g/mol. The summed E-state index contributed by atoms with van der Waals surface area (Å²) < 4.78 is 0. The second-order valence-electron chi connectivity index (χ2n) is 9.35. The molecule has 0 aliphatic heterocycles. The molecule has 0 fully saturated rings. The summed E-state index contributed by atoms with van der Waals surface area (Å²) in [4.78, 5) is 57.9. The van der Waals surface area contributed by atoms with Crippen molar-refractivity contribution in [1.29, 1.82) is 0 Å². The van der Waals surface area contributed by atoms with E-state index in [0.717, 1.165) is 6.42 Å². The number of carboxylic acid groups (broad SMARTS) is 1. The van der Waals surface area contributed by atoms with Crippen LogP contribution in [0.15, 0.2) is 36.8 Å². The van der Waals surface area contributed by atoms with Crippen LogP contribution < -0.4 is 27.4 Å². The quantitative estimate of drug-likeness (QED) is 0.107. The van der Waals surface area contributed by atoms with E-state index in [-0.39, 0.29) is 18.6 Å². The molecule has 1 heterocycles. The van der Waals surface area contributed by atoms with Gasteiger partial charge in [-0.15, -0.1) is 0 Å². The number of aromatic hydroxyl groups is 1. The number of nitrogens with zero attached hydrogens (tertiary/aromatic N) is 1. The highest BCUT2D eigenvalue weighted by Crippen LogP contribution is 2.13. The maximum absolute atomic E-state index is 13.4. The number of rotatable bonds is 18. The number of aromatic amines is 1. The lowest BCUT2D eigenvalue weighted by Gasteiger charge is -2.25. The third-order valence-electron chi connectivity index (χ3n) is 6.15. The monoisotopic (exact) mass is 577 g/mol. The van der Waals surface area contributed by atoms with E-state index < -0.39 is 47.9 Å². The van der Waals surface area contributed by atoms with Crippen molar-refractivity contribution in [2.24, 2.45) is 11.5 Å². The summed E-state index contributed by atoms with van der Waals surface area (Å²) in [5.41, 5.74) is 12.6. The molecule has 0 aliphatic rings. The highest BCUT2D eigenvalue weighted by atomic mass is 32.2. The summed E-state index contributed by atoms with van der Waals surface area (Å²) in [6.45, 7) is 0.488. The van der Waals surface area contributed by atoms with Crippen LogP contribution in [0, 0.1) is 0 Å². The molecule has 3 amide bonds. The SMILES string of the molecule is CSCCC(NC(=O)C(N)CCCCN)C(=O)NC(Cc1ccc(O)cc1)C(=O)NC(Cc1cnc[nH]1)C(=O)O. The Morgan fingerprint density at radius 1 is 0.950 bits per heavy atom. The van der Waals surface area contributed by atoms with Crippen LogP contribution in [0.4, 0.5) is 0 Å². The fraction of sp³-hybridized carbons (Fsp3) is 0.500. The predicted molar refractivity (Wildman–Crippen MR) is 151 cm³/mol. The van der Waals surface area contributed by atoms with Crippen LogP contribution in [-0.4, -0.2) is 86.6 Å². The molecule has 4 unspecified atom stereocenters. The van der Waals surface area contributed by atoms with Gasteiger partial charge >= 0.3 is 5.97 Å². The smallest absolute Gasteiger partial charge is 0.326 e. The number of amides is 3. The number of carboxylic acids is 1. The average Bonchev–Trinajstić information content (AvgIpc) is 3.44. The van der Waals surface area contributed by atoms with E-state index >= 15 is 0 Å². The van der Waals surface area contributed by atoms with Crippen molar-refractivity contribution >= 4 is 35.5 Å². The van der Waals surface area contributed by atoms with Crippen molar-refractivity contribution in [3.8, 4) is 5.75 Å². The highest BCUT2D eigenvalue weighted by molar-refractivity contribution is 7.98. The summed E-state index contributed by atoms with van der Waals surface area (Å²) in [5, 5.41) is 27.2. The number of benzene rings is 1. The van der Waals surface area contributed by atoms with Gasteiger partial charge in [-0.3, -0.25) is 14.4 Å². The Bertz CT molecular complexity index is 1080. The van der Waals surface area contributed by atoms with Crippen molar-refractivity contribution in [1.82, 2.24) is 25.9 Å².